The first kappa shape index (κ1) is 31.8. The van der Waals surface area contributed by atoms with Crippen LogP contribution in [-0.2, 0) is 9.63 Å². The Morgan fingerprint density at radius 2 is 2.02 bits per heavy atom. The number of aromatic hydroxyl groups is 1. The third-order valence-electron chi connectivity index (χ3n) is 8.44. The van der Waals surface area contributed by atoms with Crippen LogP contribution in [0.1, 0.15) is 71.7 Å². The molecule has 0 aliphatic carbocycles. The number of phenols is 1. The molecular formula is C33H49N5O4S. The fourth-order valence-electron chi connectivity index (χ4n) is 6.56. The fourth-order valence-corrected chi connectivity index (χ4v) is 7.41. The SMILES string of the molecule is CC(C)C[C@@H]1CN2C(=CN([C@@H]3CCN(CCCCO)C3)C[C@@H]2CC(C)(C)C)N(C(=O)/C=C/c2nc3cc(O)ccc3s2)O1. The molecule has 43 heavy (non-hydrogen) atoms. The Balaban J connectivity index is 1.42. The van der Waals surface area contributed by atoms with Crippen molar-refractivity contribution in [3.05, 3.63) is 41.3 Å². The smallest absolute Gasteiger partial charge is 0.276 e. The number of rotatable bonds is 10. The number of amides is 1. The van der Waals surface area contributed by atoms with Crippen LogP contribution in [-0.4, -0.2) is 98.4 Å². The summed E-state index contributed by atoms with van der Waals surface area (Å²) in [7, 11) is 0. The van der Waals surface area contributed by atoms with E-state index in [0.29, 0.717) is 22.5 Å². The number of aliphatic hydroxyl groups excluding tert-OH is 1. The van der Waals surface area contributed by atoms with Crippen LogP contribution in [0.2, 0.25) is 0 Å². The zero-order valence-corrected chi connectivity index (χ0v) is 27.2. The standard InChI is InChI=1S/C33H49N5O4S/c1-23(2)16-27-21-37-25(18-33(3,4)5)20-36(24-12-14-35(19-24)13-6-7-15-39)22-31(37)38(42-27)32(41)11-10-30-34-28-17-26(40)8-9-29(28)43-30/h8-11,17,22-25,27,39-40H,6-7,12-16,18-21H2,1-5H3/b11-10+/t24-,25+,27-/m1/s1. The molecule has 4 heterocycles. The van der Waals surface area contributed by atoms with Crippen LogP contribution in [0.5, 0.6) is 5.75 Å². The van der Waals surface area contributed by atoms with Gasteiger partial charge in [-0.2, -0.15) is 5.06 Å². The molecule has 2 fully saturated rings. The Bertz CT molecular complexity index is 1320. The summed E-state index contributed by atoms with van der Waals surface area (Å²) in [4.78, 5) is 32.3. The van der Waals surface area contributed by atoms with E-state index in [1.165, 1.54) is 16.4 Å². The van der Waals surface area contributed by atoms with Gasteiger partial charge in [-0.1, -0.05) is 34.6 Å². The van der Waals surface area contributed by atoms with Crippen molar-refractivity contribution in [3.63, 3.8) is 0 Å². The molecule has 1 amide bonds. The predicted octanol–water partition coefficient (Wildman–Crippen LogP) is 5.27. The van der Waals surface area contributed by atoms with Crippen molar-refractivity contribution in [2.75, 3.05) is 39.3 Å². The van der Waals surface area contributed by atoms with Crippen LogP contribution in [0.15, 0.2) is 36.3 Å². The van der Waals surface area contributed by atoms with E-state index in [9.17, 15) is 15.0 Å². The van der Waals surface area contributed by atoms with Gasteiger partial charge in [-0.3, -0.25) is 9.63 Å². The summed E-state index contributed by atoms with van der Waals surface area (Å²) in [5.74, 6) is 1.22. The molecule has 2 N–H and O–H groups in total. The van der Waals surface area contributed by atoms with Crippen LogP contribution in [0.25, 0.3) is 16.3 Å². The molecule has 1 aromatic heterocycles. The second-order valence-electron chi connectivity index (χ2n) is 14.0. The fraction of sp³-hybridized carbons (Fsp3) is 0.636. The number of fused-ring (bicyclic) bond motifs is 2. The molecule has 0 bridgehead atoms. The maximum atomic E-state index is 13.9. The van der Waals surface area contributed by atoms with E-state index in [1.807, 2.05) is 6.07 Å². The third-order valence-corrected chi connectivity index (χ3v) is 9.44. The van der Waals surface area contributed by atoms with Crippen LogP contribution >= 0.6 is 11.3 Å². The number of benzene rings is 1. The van der Waals surface area contributed by atoms with Gasteiger partial charge >= 0.3 is 0 Å². The number of likely N-dealkylation sites (tertiary alicyclic amines) is 1. The number of aromatic nitrogens is 1. The molecule has 236 valence electrons. The van der Waals surface area contributed by atoms with Gasteiger partial charge in [-0.15, -0.1) is 11.3 Å². The van der Waals surface area contributed by atoms with E-state index in [-0.39, 0.29) is 35.8 Å². The lowest BCUT2D eigenvalue weighted by atomic mass is 9.86. The molecule has 2 aromatic rings. The van der Waals surface area contributed by atoms with Crippen molar-refractivity contribution in [1.82, 2.24) is 24.7 Å². The van der Waals surface area contributed by atoms with Gasteiger partial charge < -0.3 is 24.9 Å². The summed E-state index contributed by atoms with van der Waals surface area (Å²) in [6, 6.07) is 5.78. The Hall–Kier alpha value is -2.66. The highest BCUT2D eigenvalue weighted by atomic mass is 32.1. The summed E-state index contributed by atoms with van der Waals surface area (Å²) >= 11 is 1.49. The number of carbonyl (C=O) groups is 1. The van der Waals surface area contributed by atoms with Crippen molar-refractivity contribution >= 4 is 33.5 Å². The summed E-state index contributed by atoms with van der Waals surface area (Å²) < 4.78 is 0.958. The zero-order valence-electron chi connectivity index (χ0n) is 26.4. The molecule has 0 saturated carbocycles. The Morgan fingerprint density at radius 1 is 1.21 bits per heavy atom. The number of unbranched alkanes of at least 4 members (excludes halogenated alkanes) is 1. The van der Waals surface area contributed by atoms with Crippen molar-refractivity contribution in [2.24, 2.45) is 11.3 Å². The molecule has 5 rings (SSSR count). The first-order chi connectivity index (χ1) is 20.5. The zero-order chi connectivity index (χ0) is 30.7. The van der Waals surface area contributed by atoms with Gasteiger partial charge in [-0.05, 0) is 68.2 Å². The minimum atomic E-state index is -0.222. The highest BCUT2D eigenvalue weighted by molar-refractivity contribution is 7.19. The molecule has 0 spiro atoms. The molecular weight excluding hydrogens is 562 g/mol. The van der Waals surface area contributed by atoms with Crippen LogP contribution in [0, 0.1) is 11.3 Å². The molecule has 2 saturated heterocycles. The second kappa shape index (κ2) is 13.5. The van der Waals surface area contributed by atoms with E-state index in [0.717, 1.165) is 75.3 Å². The molecule has 3 aliphatic rings. The highest BCUT2D eigenvalue weighted by Crippen LogP contribution is 2.36. The minimum absolute atomic E-state index is 0.0811. The molecule has 9 nitrogen and oxygen atoms in total. The van der Waals surface area contributed by atoms with E-state index in [1.54, 1.807) is 24.3 Å². The lowest BCUT2D eigenvalue weighted by molar-refractivity contribution is -0.228. The number of hydroxylamine groups is 2. The average molecular weight is 612 g/mol. The monoisotopic (exact) mass is 611 g/mol. The van der Waals surface area contributed by atoms with Crippen molar-refractivity contribution in [3.8, 4) is 5.75 Å². The summed E-state index contributed by atoms with van der Waals surface area (Å²) in [6.45, 7) is 16.3. The molecule has 3 atom stereocenters. The Labute approximate surface area is 260 Å². The summed E-state index contributed by atoms with van der Waals surface area (Å²) in [5, 5.41) is 21.3. The predicted molar refractivity (Wildman–Crippen MR) is 172 cm³/mol. The minimum Gasteiger partial charge on any atom is -0.508 e. The number of hydrogen-bond acceptors (Lipinski definition) is 9. The quantitative estimate of drug-likeness (QED) is 0.277. The number of carbonyl (C=O) groups excluding carboxylic acids is 1. The lowest BCUT2D eigenvalue weighted by Gasteiger charge is -2.52. The number of thiazole rings is 1. The largest absolute Gasteiger partial charge is 0.508 e. The summed E-state index contributed by atoms with van der Waals surface area (Å²) in [6.07, 6.45) is 10.2. The second-order valence-corrected chi connectivity index (χ2v) is 15.0. The molecule has 10 heteroatoms. The van der Waals surface area contributed by atoms with Crippen LogP contribution in [0.4, 0.5) is 0 Å². The highest BCUT2D eigenvalue weighted by Gasteiger charge is 2.43. The maximum absolute atomic E-state index is 13.9. The van der Waals surface area contributed by atoms with E-state index in [2.05, 4.69) is 60.5 Å². The Morgan fingerprint density at radius 3 is 2.77 bits per heavy atom. The first-order valence-corrected chi connectivity index (χ1v) is 16.7. The van der Waals surface area contributed by atoms with Gasteiger partial charge in [0, 0.05) is 63.2 Å². The first-order valence-electron chi connectivity index (χ1n) is 15.8. The topological polar surface area (TPSA) is 92.6 Å². The lowest BCUT2D eigenvalue weighted by Crippen LogP contribution is -2.60. The average Bonchev–Trinajstić information content (AvgIpc) is 3.57. The maximum Gasteiger partial charge on any atom is 0.276 e. The van der Waals surface area contributed by atoms with E-state index >= 15 is 0 Å². The summed E-state index contributed by atoms with van der Waals surface area (Å²) in [5.41, 5.74) is 0.847. The molecule has 1 aromatic carbocycles. The number of nitrogens with zero attached hydrogens (tertiary/aromatic N) is 5. The van der Waals surface area contributed by atoms with E-state index in [4.69, 9.17) is 4.84 Å². The van der Waals surface area contributed by atoms with Gasteiger partial charge in [0.2, 0.25) is 0 Å². The normalized spacial score (nSPS) is 23.6. The van der Waals surface area contributed by atoms with Crippen molar-refractivity contribution in [2.45, 2.75) is 84.9 Å². The van der Waals surface area contributed by atoms with Crippen molar-refractivity contribution < 1.29 is 19.8 Å². The van der Waals surface area contributed by atoms with Crippen LogP contribution < -0.4 is 0 Å². The number of phenolic OH excluding ortho intramolecular Hbond substituents is 1. The molecule has 0 radical (unpaired) electrons. The Kier molecular flexibility index (Phi) is 10.0. The number of hydrogen-bond donors (Lipinski definition) is 2. The van der Waals surface area contributed by atoms with Gasteiger partial charge in [-0.25, -0.2) is 4.98 Å². The van der Waals surface area contributed by atoms with Gasteiger partial charge in [0.1, 0.15) is 16.9 Å². The van der Waals surface area contributed by atoms with E-state index < -0.39 is 0 Å². The third kappa shape index (κ3) is 8.09. The molecule has 0 unspecified atom stereocenters. The molecule has 3 aliphatic heterocycles. The van der Waals surface area contributed by atoms with Crippen LogP contribution in [0.3, 0.4) is 0 Å². The van der Waals surface area contributed by atoms with Crippen molar-refractivity contribution in [1.29, 1.82) is 0 Å². The van der Waals surface area contributed by atoms with Gasteiger partial charge in [0.05, 0.1) is 10.2 Å². The van der Waals surface area contributed by atoms with Gasteiger partial charge in [0.25, 0.3) is 5.91 Å². The number of aliphatic hydroxyl groups is 1. The van der Waals surface area contributed by atoms with Gasteiger partial charge in [0.15, 0.2) is 5.82 Å².